The van der Waals surface area contributed by atoms with Crippen molar-refractivity contribution in [2.24, 2.45) is 35.5 Å². The molecule has 0 aromatic heterocycles. The van der Waals surface area contributed by atoms with Crippen LogP contribution in [-0.4, -0.2) is 39.6 Å². The summed E-state index contributed by atoms with van der Waals surface area (Å²) >= 11 is 1.24. The molecule has 7 heteroatoms. The fraction of sp³-hybridized carbons (Fsp3) is 0.618. The predicted octanol–water partition coefficient (Wildman–Crippen LogP) is 6.87. The average Bonchev–Trinajstić information content (AvgIpc) is 3.42. The second kappa shape index (κ2) is 16.3. The standard InChI is InChI=1S/C34H47NO5S/c1-22-17-23(2)19-25(4)33(38)26(21-35)11-8-9-16-31(40-32(37)20-30(36)24(3)18-22)28-14-10-15-29(28)34(39)41-27-12-6-5-7-13-27/h5-9,11-13,22-25,28-31,33,36,38H,10,14-20H2,1-4H3/b9-8+,26-11-/t22-,23+,24-,25-,28+,29+,30-,31-,33+/m0/s1. The van der Waals surface area contributed by atoms with Gasteiger partial charge in [0, 0.05) is 23.2 Å². The molecule has 1 aliphatic heterocycles. The molecule has 1 aromatic rings. The highest BCUT2D eigenvalue weighted by atomic mass is 32.2. The first kappa shape index (κ1) is 33.1. The van der Waals surface area contributed by atoms with Gasteiger partial charge in [-0.1, -0.05) is 76.2 Å². The Hall–Kier alpha value is -2.40. The molecule has 0 spiro atoms. The van der Waals surface area contributed by atoms with E-state index in [1.807, 2.05) is 50.3 Å². The number of rotatable bonds is 3. The quantitative estimate of drug-likeness (QED) is 0.296. The number of benzene rings is 1. The van der Waals surface area contributed by atoms with Gasteiger partial charge in [0.15, 0.2) is 5.12 Å². The zero-order valence-electron chi connectivity index (χ0n) is 24.9. The SMILES string of the molecule is C[C@@H]1C[C@H](C)C[C@H](C)[C@@H](O)CC(=O)O[C@H]([C@@H]2CCC[C@H]2C(=O)Sc2ccccc2)C/C=C/C=C(/C#N)[C@H](O)[C@@H](C)C1. The Balaban J connectivity index is 1.84. The Kier molecular flexibility index (Phi) is 13.2. The molecule has 9 atom stereocenters. The van der Waals surface area contributed by atoms with E-state index >= 15 is 0 Å². The zero-order valence-corrected chi connectivity index (χ0v) is 25.8. The topological polar surface area (TPSA) is 108 Å². The summed E-state index contributed by atoms with van der Waals surface area (Å²) in [5.74, 6) is -0.260. The molecule has 0 amide bonds. The van der Waals surface area contributed by atoms with Gasteiger partial charge in [-0.05, 0) is 74.0 Å². The molecule has 1 aromatic carbocycles. The van der Waals surface area contributed by atoms with Crippen molar-refractivity contribution < 1.29 is 24.5 Å². The molecule has 0 unspecified atom stereocenters. The van der Waals surface area contributed by atoms with Crippen molar-refractivity contribution in [3.8, 4) is 6.07 Å². The minimum Gasteiger partial charge on any atom is -0.462 e. The minimum atomic E-state index is -0.859. The summed E-state index contributed by atoms with van der Waals surface area (Å²) < 4.78 is 6.02. The number of ether oxygens (including phenoxy) is 1. The number of esters is 1. The van der Waals surface area contributed by atoms with E-state index in [9.17, 15) is 25.1 Å². The van der Waals surface area contributed by atoms with E-state index in [0.717, 1.165) is 43.4 Å². The Morgan fingerprint density at radius 2 is 1.68 bits per heavy atom. The third-order valence-corrected chi connectivity index (χ3v) is 9.76. The van der Waals surface area contributed by atoms with Crippen LogP contribution in [0.1, 0.15) is 79.1 Å². The average molecular weight is 582 g/mol. The monoisotopic (exact) mass is 581 g/mol. The highest BCUT2D eigenvalue weighted by molar-refractivity contribution is 8.13. The van der Waals surface area contributed by atoms with E-state index in [-0.39, 0.29) is 35.2 Å². The van der Waals surface area contributed by atoms with Crippen LogP contribution in [0.3, 0.4) is 0 Å². The maximum absolute atomic E-state index is 13.3. The fourth-order valence-corrected chi connectivity index (χ4v) is 7.60. The molecule has 6 nitrogen and oxygen atoms in total. The summed E-state index contributed by atoms with van der Waals surface area (Å²) in [6.45, 7) is 8.27. The van der Waals surface area contributed by atoms with Gasteiger partial charge in [-0.15, -0.1) is 0 Å². The summed E-state index contributed by atoms with van der Waals surface area (Å²) in [7, 11) is 0. The van der Waals surface area contributed by atoms with Crippen molar-refractivity contribution in [1.82, 2.24) is 0 Å². The van der Waals surface area contributed by atoms with Crippen LogP contribution in [0, 0.1) is 46.8 Å². The highest BCUT2D eigenvalue weighted by Crippen LogP contribution is 2.41. The minimum absolute atomic E-state index is 0.0683. The van der Waals surface area contributed by atoms with Crippen LogP contribution in [0.25, 0.3) is 0 Å². The normalized spacial score (nSPS) is 36.6. The van der Waals surface area contributed by atoms with E-state index in [1.54, 1.807) is 12.2 Å². The maximum atomic E-state index is 13.3. The molecule has 0 bridgehead atoms. The Morgan fingerprint density at radius 3 is 2.37 bits per heavy atom. The number of carbonyl (C=O) groups excluding carboxylic acids is 2. The third-order valence-electron chi connectivity index (χ3n) is 8.75. The van der Waals surface area contributed by atoms with E-state index in [2.05, 4.69) is 19.9 Å². The van der Waals surface area contributed by atoms with Gasteiger partial charge < -0.3 is 14.9 Å². The van der Waals surface area contributed by atoms with Gasteiger partial charge in [-0.2, -0.15) is 5.26 Å². The molecule has 1 aliphatic carbocycles. The number of nitriles is 1. The maximum Gasteiger partial charge on any atom is 0.308 e. The van der Waals surface area contributed by atoms with Crippen LogP contribution >= 0.6 is 11.8 Å². The molecule has 1 fully saturated rings. The summed E-state index contributed by atoms with van der Waals surface area (Å²) in [5.41, 5.74) is 0.314. The van der Waals surface area contributed by atoms with Crippen LogP contribution in [0.5, 0.6) is 0 Å². The molecular weight excluding hydrogens is 534 g/mol. The van der Waals surface area contributed by atoms with Gasteiger partial charge in [0.2, 0.25) is 0 Å². The van der Waals surface area contributed by atoms with Gasteiger partial charge in [0.05, 0.1) is 30.3 Å². The van der Waals surface area contributed by atoms with Gasteiger partial charge >= 0.3 is 5.97 Å². The summed E-state index contributed by atoms with van der Waals surface area (Å²) in [5, 5.41) is 31.6. The van der Waals surface area contributed by atoms with E-state index in [4.69, 9.17) is 4.74 Å². The highest BCUT2D eigenvalue weighted by Gasteiger charge is 2.40. The lowest BCUT2D eigenvalue weighted by Crippen LogP contribution is -2.33. The predicted molar refractivity (Wildman–Crippen MR) is 163 cm³/mol. The van der Waals surface area contributed by atoms with Crippen LogP contribution in [0.4, 0.5) is 0 Å². The fourth-order valence-electron chi connectivity index (χ4n) is 6.63. The summed E-state index contributed by atoms with van der Waals surface area (Å²) in [6.07, 6.45) is 8.28. The van der Waals surface area contributed by atoms with E-state index < -0.39 is 24.3 Å². The smallest absolute Gasteiger partial charge is 0.308 e. The van der Waals surface area contributed by atoms with Crippen LogP contribution < -0.4 is 0 Å². The first-order valence-electron chi connectivity index (χ1n) is 15.2. The van der Waals surface area contributed by atoms with Crippen molar-refractivity contribution in [3.63, 3.8) is 0 Å². The van der Waals surface area contributed by atoms with Crippen molar-refractivity contribution in [3.05, 3.63) is 54.1 Å². The van der Waals surface area contributed by atoms with Crippen LogP contribution in [-0.2, 0) is 14.3 Å². The molecule has 0 radical (unpaired) electrons. The van der Waals surface area contributed by atoms with Crippen LogP contribution in [0.15, 0.2) is 59.0 Å². The lowest BCUT2D eigenvalue weighted by molar-refractivity contribution is -0.156. The van der Waals surface area contributed by atoms with Gasteiger partial charge in [0.25, 0.3) is 0 Å². The van der Waals surface area contributed by atoms with E-state index in [1.165, 1.54) is 11.8 Å². The molecular formula is C34H47NO5S. The summed E-state index contributed by atoms with van der Waals surface area (Å²) in [6, 6.07) is 11.7. The van der Waals surface area contributed by atoms with Gasteiger partial charge in [-0.25, -0.2) is 0 Å². The number of thioether (sulfide) groups is 1. The number of hydrogen-bond acceptors (Lipinski definition) is 7. The van der Waals surface area contributed by atoms with Gasteiger partial charge in [0.1, 0.15) is 6.10 Å². The van der Waals surface area contributed by atoms with Crippen molar-refractivity contribution in [2.75, 3.05) is 0 Å². The molecule has 1 saturated carbocycles. The molecule has 41 heavy (non-hydrogen) atoms. The zero-order chi connectivity index (χ0) is 29.9. The third kappa shape index (κ3) is 10.1. The lowest BCUT2D eigenvalue weighted by atomic mass is 9.82. The second-order valence-corrected chi connectivity index (χ2v) is 13.5. The number of hydrogen-bond donors (Lipinski definition) is 2. The number of cyclic esters (lactones) is 1. The van der Waals surface area contributed by atoms with Crippen molar-refractivity contribution >= 4 is 22.8 Å². The van der Waals surface area contributed by atoms with E-state index in [0.29, 0.717) is 23.8 Å². The van der Waals surface area contributed by atoms with Gasteiger partial charge in [-0.3, -0.25) is 9.59 Å². The number of carbonyl (C=O) groups is 2. The molecule has 224 valence electrons. The number of aliphatic hydroxyl groups excluding tert-OH is 2. The van der Waals surface area contributed by atoms with Crippen molar-refractivity contribution in [1.29, 1.82) is 5.26 Å². The Bertz CT molecular complexity index is 1100. The Labute approximate surface area is 250 Å². The summed E-state index contributed by atoms with van der Waals surface area (Å²) in [4.78, 5) is 27.3. The lowest BCUT2D eigenvalue weighted by Gasteiger charge is -2.29. The molecule has 2 aliphatic rings. The second-order valence-electron chi connectivity index (χ2n) is 12.4. The number of allylic oxidation sites excluding steroid dienone is 2. The largest absolute Gasteiger partial charge is 0.462 e. The first-order chi connectivity index (χ1) is 19.6. The molecule has 0 saturated heterocycles. The van der Waals surface area contributed by atoms with Crippen LogP contribution in [0.2, 0.25) is 0 Å². The number of aliphatic hydroxyl groups is 2. The number of nitrogens with zero attached hydrogens (tertiary/aromatic N) is 1. The molecule has 3 rings (SSSR count). The Morgan fingerprint density at radius 1 is 1.00 bits per heavy atom. The van der Waals surface area contributed by atoms with Crippen molar-refractivity contribution in [2.45, 2.75) is 102 Å². The molecule has 1 heterocycles. The molecule has 2 N–H and O–H groups in total. The first-order valence-corrected chi connectivity index (χ1v) is 16.0.